The zero-order chi connectivity index (χ0) is 15.2. The molecule has 1 atom stereocenters. The molecule has 0 heterocycles. The molecule has 0 saturated heterocycles. The Kier molecular flexibility index (Phi) is 6.34. The van der Waals surface area contributed by atoms with Gasteiger partial charge in [-0.15, -0.1) is 0 Å². The molecule has 0 aromatic heterocycles. The van der Waals surface area contributed by atoms with Crippen LogP contribution in [-0.4, -0.2) is 20.3 Å². The van der Waals surface area contributed by atoms with E-state index in [1.165, 1.54) is 5.56 Å². The van der Waals surface area contributed by atoms with Crippen LogP contribution in [0.1, 0.15) is 52.6 Å². The van der Waals surface area contributed by atoms with Crippen molar-refractivity contribution in [2.75, 3.05) is 20.3 Å². The molecule has 0 amide bonds. The van der Waals surface area contributed by atoms with Crippen LogP contribution in [0.2, 0.25) is 0 Å². The highest BCUT2D eigenvalue weighted by molar-refractivity contribution is 5.44. The summed E-state index contributed by atoms with van der Waals surface area (Å²) in [6, 6.07) is 6.54. The van der Waals surface area contributed by atoms with E-state index in [1.807, 2.05) is 27.0 Å². The quantitative estimate of drug-likeness (QED) is 0.774. The summed E-state index contributed by atoms with van der Waals surface area (Å²) < 4.78 is 11.3. The molecule has 3 nitrogen and oxygen atoms in total. The van der Waals surface area contributed by atoms with Gasteiger partial charge in [-0.05, 0) is 50.4 Å². The van der Waals surface area contributed by atoms with Gasteiger partial charge in [0, 0.05) is 6.04 Å². The maximum atomic E-state index is 5.72. The van der Waals surface area contributed by atoms with Gasteiger partial charge in [0.15, 0.2) is 11.5 Å². The fourth-order valence-corrected chi connectivity index (χ4v) is 2.46. The van der Waals surface area contributed by atoms with Crippen molar-refractivity contribution in [3.8, 4) is 11.5 Å². The Balaban J connectivity index is 3.14. The predicted octanol–water partition coefficient (Wildman–Crippen LogP) is 4.18. The van der Waals surface area contributed by atoms with Gasteiger partial charge in [-0.3, -0.25) is 0 Å². The second kappa shape index (κ2) is 7.53. The van der Waals surface area contributed by atoms with Gasteiger partial charge in [-0.2, -0.15) is 0 Å². The second-order valence-electron chi connectivity index (χ2n) is 5.64. The first-order valence-electron chi connectivity index (χ1n) is 7.56. The van der Waals surface area contributed by atoms with Gasteiger partial charge in [0.2, 0.25) is 0 Å². The minimum Gasteiger partial charge on any atom is -0.490 e. The first kappa shape index (κ1) is 16.8. The van der Waals surface area contributed by atoms with Gasteiger partial charge in [-0.1, -0.05) is 26.8 Å². The van der Waals surface area contributed by atoms with Crippen LogP contribution in [0, 0.1) is 5.41 Å². The molecular formula is C17H29NO2. The van der Waals surface area contributed by atoms with Crippen molar-refractivity contribution in [1.29, 1.82) is 0 Å². The SMILES string of the molecule is CCOc1ccc(C(NC)C(C)(C)CC)cc1OCC. The Labute approximate surface area is 123 Å². The number of rotatable bonds is 8. The van der Waals surface area contributed by atoms with Crippen LogP contribution in [0.5, 0.6) is 11.5 Å². The van der Waals surface area contributed by atoms with Gasteiger partial charge in [0.05, 0.1) is 13.2 Å². The van der Waals surface area contributed by atoms with E-state index in [1.54, 1.807) is 0 Å². The van der Waals surface area contributed by atoms with Gasteiger partial charge in [0.1, 0.15) is 0 Å². The summed E-state index contributed by atoms with van der Waals surface area (Å²) in [6.07, 6.45) is 1.11. The first-order valence-corrected chi connectivity index (χ1v) is 7.56. The summed E-state index contributed by atoms with van der Waals surface area (Å²) in [5.74, 6) is 1.65. The summed E-state index contributed by atoms with van der Waals surface area (Å²) in [4.78, 5) is 0. The highest BCUT2D eigenvalue weighted by atomic mass is 16.5. The third-order valence-electron chi connectivity index (χ3n) is 3.88. The van der Waals surface area contributed by atoms with Crippen molar-refractivity contribution in [3.63, 3.8) is 0 Å². The zero-order valence-electron chi connectivity index (χ0n) is 13.7. The molecule has 1 aromatic carbocycles. The van der Waals surface area contributed by atoms with Crippen LogP contribution < -0.4 is 14.8 Å². The monoisotopic (exact) mass is 279 g/mol. The van der Waals surface area contributed by atoms with Crippen LogP contribution in [0.15, 0.2) is 18.2 Å². The van der Waals surface area contributed by atoms with E-state index in [0.29, 0.717) is 19.3 Å². The average molecular weight is 279 g/mol. The molecular weight excluding hydrogens is 250 g/mol. The third-order valence-corrected chi connectivity index (χ3v) is 3.88. The lowest BCUT2D eigenvalue weighted by Gasteiger charge is -2.34. The van der Waals surface area contributed by atoms with E-state index >= 15 is 0 Å². The van der Waals surface area contributed by atoms with Crippen LogP contribution >= 0.6 is 0 Å². The predicted molar refractivity (Wildman–Crippen MR) is 84.7 cm³/mol. The standard InChI is InChI=1S/C17H29NO2/c1-7-17(4,5)16(18-6)13-10-11-14(19-8-2)15(12-13)20-9-3/h10-12,16,18H,7-9H2,1-6H3. The summed E-state index contributed by atoms with van der Waals surface area (Å²) in [5, 5.41) is 3.43. The summed E-state index contributed by atoms with van der Waals surface area (Å²) in [7, 11) is 2.01. The molecule has 1 unspecified atom stereocenters. The second-order valence-corrected chi connectivity index (χ2v) is 5.64. The molecule has 0 aliphatic rings. The van der Waals surface area contributed by atoms with Crippen LogP contribution in [0.3, 0.4) is 0 Å². The lowest BCUT2D eigenvalue weighted by Crippen LogP contribution is -2.31. The first-order chi connectivity index (χ1) is 9.50. The van der Waals surface area contributed by atoms with E-state index in [9.17, 15) is 0 Å². The fraction of sp³-hybridized carbons (Fsp3) is 0.647. The highest BCUT2D eigenvalue weighted by Crippen LogP contribution is 2.39. The maximum absolute atomic E-state index is 5.72. The van der Waals surface area contributed by atoms with Gasteiger partial charge in [-0.25, -0.2) is 0 Å². The highest BCUT2D eigenvalue weighted by Gasteiger charge is 2.28. The van der Waals surface area contributed by atoms with Crippen molar-refractivity contribution < 1.29 is 9.47 Å². The molecule has 0 spiro atoms. The van der Waals surface area contributed by atoms with Crippen LogP contribution in [-0.2, 0) is 0 Å². The van der Waals surface area contributed by atoms with Gasteiger partial charge < -0.3 is 14.8 Å². The van der Waals surface area contributed by atoms with E-state index in [2.05, 4.69) is 38.2 Å². The molecule has 1 N–H and O–H groups in total. The number of ether oxygens (including phenoxy) is 2. The average Bonchev–Trinajstić information content (AvgIpc) is 2.42. The Bertz CT molecular complexity index is 415. The Morgan fingerprint density at radius 1 is 1.05 bits per heavy atom. The van der Waals surface area contributed by atoms with Gasteiger partial charge >= 0.3 is 0 Å². The van der Waals surface area contributed by atoms with Crippen molar-refractivity contribution in [1.82, 2.24) is 5.32 Å². The topological polar surface area (TPSA) is 30.5 Å². The van der Waals surface area contributed by atoms with E-state index in [4.69, 9.17) is 9.47 Å². The largest absolute Gasteiger partial charge is 0.490 e. The Hall–Kier alpha value is -1.22. The number of benzene rings is 1. The van der Waals surface area contributed by atoms with Crippen LogP contribution in [0.25, 0.3) is 0 Å². The lowest BCUT2D eigenvalue weighted by atomic mass is 9.78. The Morgan fingerprint density at radius 3 is 2.15 bits per heavy atom. The molecule has 0 fully saturated rings. The molecule has 0 radical (unpaired) electrons. The smallest absolute Gasteiger partial charge is 0.161 e. The molecule has 1 rings (SSSR count). The molecule has 0 saturated carbocycles. The fourth-order valence-electron chi connectivity index (χ4n) is 2.46. The number of hydrogen-bond acceptors (Lipinski definition) is 3. The van der Waals surface area contributed by atoms with Crippen molar-refractivity contribution in [2.45, 2.75) is 47.1 Å². The van der Waals surface area contributed by atoms with E-state index < -0.39 is 0 Å². The normalized spacial score (nSPS) is 13.1. The van der Waals surface area contributed by atoms with Gasteiger partial charge in [0.25, 0.3) is 0 Å². The van der Waals surface area contributed by atoms with Crippen molar-refractivity contribution in [2.24, 2.45) is 5.41 Å². The third kappa shape index (κ3) is 3.89. The molecule has 0 aliphatic heterocycles. The minimum atomic E-state index is 0.186. The number of hydrogen-bond donors (Lipinski definition) is 1. The molecule has 114 valence electrons. The molecule has 1 aromatic rings. The maximum Gasteiger partial charge on any atom is 0.161 e. The zero-order valence-corrected chi connectivity index (χ0v) is 13.7. The minimum absolute atomic E-state index is 0.186. The molecule has 3 heteroatoms. The summed E-state index contributed by atoms with van der Waals surface area (Å²) >= 11 is 0. The summed E-state index contributed by atoms with van der Waals surface area (Å²) in [5.41, 5.74) is 1.43. The van der Waals surface area contributed by atoms with E-state index in [0.717, 1.165) is 17.9 Å². The molecule has 20 heavy (non-hydrogen) atoms. The summed E-state index contributed by atoms with van der Waals surface area (Å²) in [6.45, 7) is 12.1. The van der Waals surface area contributed by atoms with Crippen molar-refractivity contribution in [3.05, 3.63) is 23.8 Å². The molecule has 0 bridgehead atoms. The van der Waals surface area contributed by atoms with Crippen molar-refractivity contribution >= 4 is 0 Å². The molecule has 0 aliphatic carbocycles. The number of nitrogens with one attached hydrogen (secondary N) is 1. The lowest BCUT2D eigenvalue weighted by molar-refractivity contribution is 0.243. The van der Waals surface area contributed by atoms with E-state index in [-0.39, 0.29) is 5.41 Å². The van der Waals surface area contributed by atoms with Crippen LogP contribution in [0.4, 0.5) is 0 Å². The Morgan fingerprint density at radius 2 is 1.65 bits per heavy atom.